The van der Waals surface area contributed by atoms with Crippen LogP contribution in [0.2, 0.25) is 5.02 Å². The molecular weight excluding hydrogens is 604 g/mol. The number of halogens is 1. The summed E-state index contributed by atoms with van der Waals surface area (Å²) in [4.78, 5) is 39.6. The van der Waals surface area contributed by atoms with Crippen molar-refractivity contribution in [2.45, 2.75) is 9.79 Å². The highest BCUT2D eigenvalue weighted by atomic mass is 35.5. The van der Waals surface area contributed by atoms with Gasteiger partial charge in [0.25, 0.3) is 5.69 Å². The van der Waals surface area contributed by atoms with Crippen molar-refractivity contribution in [2.24, 2.45) is 10.3 Å². The van der Waals surface area contributed by atoms with Gasteiger partial charge in [0.05, 0.1) is 27.8 Å². The van der Waals surface area contributed by atoms with E-state index in [0.717, 1.165) is 0 Å². The van der Waals surface area contributed by atoms with Crippen LogP contribution in [0.3, 0.4) is 0 Å². The molecule has 0 spiro atoms. The number of carboxylic acid groups (broad SMARTS) is 2. The number of hydrogen-bond acceptors (Lipinski definition) is 11. The highest BCUT2D eigenvalue weighted by molar-refractivity contribution is 7.89. The van der Waals surface area contributed by atoms with E-state index >= 15 is 0 Å². The number of nitrogens with two attached hydrogens (primary N) is 2. The Morgan fingerprint density at radius 1 is 0.825 bits per heavy atom. The zero-order chi connectivity index (χ0) is 34.9. The Morgan fingerprint density at radius 3 is 1.65 bits per heavy atom. The summed E-state index contributed by atoms with van der Waals surface area (Å²) in [6.45, 7) is 0. The van der Waals surface area contributed by atoms with Gasteiger partial charge in [-0.3, -0.25) is 20.2 Å². The summed E-state index contributed by atoms with van der Waals surface area (Å²) in [5, 5.41) is 48.6. The largest absolute Gasteiger partial charge is 0.478 e. The second-order valence-electron chi connectivity index (χ2n) is 6.90. The molecule has 17 nitrogen and oxygen atoms in total. The maximum Gasteiger partial charge on any atom is 0.335 e. The maximum absolute atomic E-state index is 11.8. The Morgan fingerprint density at radius 2 is 1.25 bits per heavy atom. The Labute approximate surface area is 235 Å². The van der Waals surface area contributed by atoms with Gasteiger partial charge < -0.3 is 14.9 Å². The summed E-state index contributed by atoms with van der Waals surface area (Å²) < 4.78 is 89.0. The molecule has 212 valence electrons. The van der Waals surface area contributed by atoms with Crippen molar-refractivity contribution in [1.82, 2.24) is 0 Å². The number of primary sulfonamides is 2. The number of carboxylic acids is 2. The third kappa shape index (κ3) is 7.68. The standard InChI is InChI=1S/C13H10N2O7S.C7H5ClN2O6S/c14-23(20,21)11-7-8(13(16)17)6-10(15(18)19)12(11)22-9-4-2-1-3-5-9;8-6-4(10(13)14)1-3(7(11)12)2-5(6)17(9,15)16/h1-7H,(H,16,17)(H2,14,20,21);1-2H,(H,11,12)(H2,9,15,16)/i1D,2D,3D,4D,5D;. The number of carbonyl (C=O) groups is 2. The predicted molar refractivity (Wildman–Crippen MR) is 134 cm³/mol. The second kappa shape index (κ2) is 12.0. The molecule has 3 aromatic rings. The van der Waals surface area contributed by atoms with E-state index in [0.29, 0.717) is 24.3 Å². The fourth-order valence-electron chi connectivity index (χ4n) is 2.60. The van der Waals surface area contributed by atoms with Crippen LogP contribution in [0.5, 0.6) is 11.5 Å². The molecule has 0 fully saturated rings. The number of ether oxygens (including phenoxy) is 1. The molecule has 3 rings (SSSR count). The molecule has 20 heteroatoms. The first kappa shape index (κ1) is 24.4. The van der Waals surface area contributed by atoms with Crippen LogP contribution in [0, 0.1) is 20.2 Å². The molecule has 0 saturated carbocycles. The predicted octanol–water partition coefficient (Wildman–Crippen LogP) is 2.33. The Kier molecular flexibility index (Phi) is 7.31. The van der Waals surface area contributed by atoms with E-state index < -0.39 is 121 Å². The lowest BCUT2D eigenvalue weighted by Crippen LogP contribution is -2.15. The van der Waals surface area contributed by atoms with Crippen LogP contribution in [-0.2, 0) is 20.0 Å². The summed E-state index contributed by atoms with van der Waals surface area (Å²) in [6, 6.07) is -1.95. The molecule has 0 aliphatic carbocycles. The second-order valence-corrected chi connectivity index (χ2v) is 10.3. The minimum atomic E-state index is -4.77. The van der Waals surface area contributed by atoms with E-state index in [2.05, 4.69) is 0 Å². The van der Waals surface area contributed by atoms with Gasteiger partial charge in [-0.25, -0.2) is 36.7 Å². The average Bonchev–Trinajstić information content (AvgIpc) is 2.91. The van der Waals surface area contributed by atoms with Gasteiger partial charge in [-0.05, 0) is 24.2 Å². The summed E-state index contributed by atoms with van der Waals surface area (Å²) in [6.07, 6.45) is 0. The Hall–Kier alpha value is -4.69. The van der Waals surface area contributed by atoms with E-state index in [1.54, 1.807) is 0 Å². The summed E-state index contributed by atoms with van der Waals surface area (Å²) >= 11 is 5.47. The lowest BCUT2D eigenvalue weighted by Gasteiger charge is -2.11. The van der Waals surface area contributed by atoms with Crippen LogP contribution in [0.1, 0.15) is 27.6 Å². The fourth-order valence-corrected chi connectivity index (χ4v) is 4.44. The zero-order valence-electron chi connectivity index (χ0n) is 23.9. The quantitative estimate of drug-likeness (QED) is 0.207. The van der Waals surface area contributed by atoms with Gasteiger partial charge in [0.1, 0.15) is 20.6 Å². The fraction of sp³-hybridized carbons (Fsp3) is 0. The van der Waals surface area contributed by atoms with Gasteiger partial charge in [0.2, 0.25) is 25.8 Å². The van der Waals surface area contributed by atoms with E-state index in [4.69, 9.17) is 43.7 Å². The molecule has 40 heavy (non-hydrogen) atoms. The molecule has 0 unspecified atom stereocenters. The van der Waals surface area contributed by atoms with Gasteiger partial charge in [-0.2, -0.15) is 0 Å². The normalized spacial score (nSPS) is 12.8. The molecule has 0 radical (unpaired) electrons. The van der Waals surface area contributed by atoms with Crippen molar-refractivity contribution in [3.63, 3.8) is 0 Å². The van der Waals surface area contributed by atoms with Crippen molar-refractivity contribution >= 4 is 55.0 Å². The van der Waals surface area contributed by atoms with Gasteiger partial charge in [0, 0.05) is 12.1 Å². The molecule has 0 aliphatic rings. The highest BCUT2D eigenvalue weighted by Gasteiger charge is 2.29. The monoisotopic (exact) mass is 623 g/mol. The summed E-state index contributed by atoms with van der Waals surface area (Å²) in [5.41, 5.74) is -3.36. The molecule has 0 aromatic heterocycles. The Balaban J connectivity index is 0.000000355. The minimum Gasteiger partial charge on any atom is -0.478 e. The maximum atomic E-state index is 11.8. The molecule has 0 aliphatic heterocycles. The van der Waals surface area contributed by atoms with Gasteiger partial charge in [-0.15, -0.1) is 0 Å². The molecule has 0 saturated heterocycles. The SMILES string of the molecule is NS(=O)(=O)c1cc(C(=O)O)cc([N+](=O)[O-])c1Cl.[2H]c1c([2H])c([2H])c(Oc2c([N+](=O)[O-])cc(C(=O)O)cc2S(N)(=O)=O)c([2H])c1[2H]. The van der Waals surface area contributed by atoms with Crippen molar-refractivity contribution in [1.29, 1.82) is 0 Å². The van der Waals surface area contributed by atoms with Crippen molar-refractivity contribution in [3.8, 4) is 11.5 Å². The number of nitro groups is 2. The molecule has 3 aromatic carbocycles. The zero-order valence-corrected chi connectivity index (χ0v) is 21.3. The highest BCUT2D eigenvalue weighted by Crippen LogP contribution is 2.38. The van der Waals surface area contributed by atoms with Crippen LogP contribution >= 0.6 is 11.6 Å². The summed E-state index contributed by atoms with van der Waals surface area (Å²) in [7, 11) is -9.11. The lowest BCUT2D eigenvalue weighted by molar-refractivity contribution is -0.385. The van der Waals surface area contributed by atoms with Crippen molar-refractivity contribution in [2.75, 3.05) is 0 Å². The topological polar surface area (TPSA) is 290 Å². The smallest absolute Gasteiger partial charge is 0.335 e. The number of para-hydroxylation sites is 1. The van der Waals surface area contributed by atoms with Crippen LogP contribution in [-0.4, -0.2) is 48.8 Å². The number of benzene rings is 3. The van der Waals surface area contributed by atoms with Crippen LogP contribution in [0.25, 0.3) is 0 Å². The number of nitro benzene ring substituents is 2. The van der Waals surface area contributed by atoms with Crippen LogP contribution in [0.4, 0.5) is 11.4 Å². The van der Waals surface area contributed by atoms with Gasteiger partial charge >= 0.3 is 17.6 Å². The average molecular weight is 624 g/mol. The van der Waals surface area contributed by atoms with E-state index in [1.165, 1.54) is 0 Å². The summed E-state index contributed by atoms with van der Waals surface area (Å²) in [5.74, 6) is -5.21. The van der Waals surface area contributed by atoms with Crippen molar-refractivity contribution < 1.29 is 58.1 Å². The van der Waals surface area contributed by atoms with E-state index in [9.17, 15) is 46.7 Å². The number of rotatable bonds is 8. The first-order valence-electron chi connectivity index (χ1n) is 12.0. The molecule has 0 heterocycles. The molecule has 0 atom stereocenters. The first-order valence-corrected chi connectivity index (χ1v) is 13.0. The molecule has 0 amide bonds. The number of hydrogen-bond donors (Lipinski definition) is 4. The molecule has 6 N–H and O–H groups in total. The van der Waals surface area contributed by atoms with Gasteiger partial charge in [-0.1, -0.05) is 29.7 Å². The third-order valence-corrected chi connectivity index (χ3v) is 6.60. The number of sulfonamides is 2. The van der Waals surface area contributed by atoms with Crippen molar-refractivity contribution in [3.05, 3.63) is 90.9 Å². The molecular formula is C20H15ClN4O13S2. The van der Waals surface area contributed by atoms with Crippen LogP contribution < -0.4 is 15.0 Å². The third-order valence-electron chi connectivity index (χ3n) is 4.24. The molecule has 0 bridgehead atoms. The first-order chi connectivity index (χ1) is 20.4. The van der Waals surface area contributed by atoms with Crippen LogP contribution in [0.15, 0.2) is 64.3 Å². The Bertz CT molecular complexity index is 2000. The minimum absolute atomic E-state index is 0.488. The van der Waals surface area contributed by atoms with E-state index in [1.807, 2.05) is 0 Å². The number of aromatic carboxylic acids is 2. The number of nitrogens with zero attached hydrogens (tertiary/aromatic N) is 2. The lowest BCUT2D eigenvalue weighted by atomic mass is 10.2. The van der Waals surface area contributed by atoms with Gasteiger partial charge in [0.15, 0.2) is 0 Å². The van der Waals surface area contributed by atoms with E-state index in [-0.39, 0.29) is 0 Å².